The summed E-state index contributed by atoms with van der Waals surface area (Å²) >= 11 is 0. The van der Waals surface area contributed by atoms with E-state index in [2.05, 4.69) is 15.5 Å². The maximum atomic E-state index is 13.2. The van der Waals surface area contributed by atoms with Crippen molar-refractivity contribution in [1.29, 1.82) is 0 Å². The van der Waals surface area contributed by atoms with Gasteiger partial charge in [0, 0.05) is 6.54 Å². The molecule has 0 atom stereocenters. The minimum atomic E-state index is -3.90. The van der Waals surface area contributed by atoms with E-state index in [0.29, 0.717) is 22.3 Å². The van der Waals surface area contributed by atoms with Crippen molar-refractivity contribution in [2.24, 2.45) is 0 Å². The van der Waals surface area contributed by atoms with Gasteiger partial charge in [-0.25, -0.2) is 13.4 Å². The molecule has 0 aliphatic carbocycles. The summed E-state index contributed by atoms with van der Waals surface area (Å²) in [6.07, 6.45) is 1.24. The first kappa shape index (κ1) is 15.6. The molecule has 1 aliphatic rings. The molecule has 0 saturated carbocycles. The molecule has 128 valence electrons. The molecule has 4 rings (SSSR count). The molecule has 25 heavy (non-hydrogen) atoms. The van der Waals surface area contributed by atoms with Crippen molar-refractivity contribution in [3.63, 3.8) is 0 Å². The number of sulfonamides is 1. The molecule has 1 amide bonds. The van der Waals surface area contributed by atoms with Crippen LogP contribution in [0.1, 0.15) is 16.1 Å². The Balaban J connectivity index is 1.87. The summed E-state index contributed by atoms with van der Waals surface area (Å²) in [5.74, 6) is -0.295. The lowest BCUT2D eigenvalue weighted by Gasteiger charge is -2.23. The van der Waals surface area contributed by atoms with Crippen LogP contribution in [0.4, 0.5) is 5.69 Å². The van der Waals surface area contributed by atoms with Crippen LogP contribution in [0.3, 0.4) is 0 Å². The Morgan fingerprint density at radius 2 is 2.08 bits per heavy atom. The number of para-hydroxylation sites is 1. The minimum absolute atomic E-state index is 0.0236. The smallest absolute Gasteiger partial charge is 0.265 e. The third-order valence-corrected chi connectivity index (χ3v) is 5.87. The second-order valence-corrected chi connectivity index (χ2v) is 7.50. The predicted molar refractivity (Wildman–Crippen MR) is 89.8 cm³/mol. The Morgan fingerprint density at radius 3 is 2.92 bits per heavy atom. The Morgan fingerprint density at radius 1 is 1.28 bits per heavy atom. The molecule has 0 saturated heterocycles. The quantitative estimate of drug-likeness (QED) is 0.744. The van der Waals surface area contributed by atoms with Crippen LogP contribution in [0.2, 0.25) is 0 Å². The van der Waals surface area contributed by atoms with Crippen molar-refractivity contribution in [1.82, 2.24) is 15.5 Å². The first-order valence-corrected chi connectivity index (χ1v) is 9.04. The van der Waals surface area contributed by atoms with Crippen molar-refractivity contribution in [2.45, 2.75) is 11.8 Å². The predicted octanol–water partition coefficient (Wildman–Crippen LogP) is 1.47. The van der Waals surface area contributed by atoms with Crippen LogP contribution in [-0.2, 0) is 10.0 Å². The monoisotopic (exact) mass is 358 g/mol. The molecule has 1 aliphatic heterocycles. The number of carbonyl (C=O) groups excluding carboxylic acids is 1. The average Bonchev–Trinajstić information content (AvgIpc) is 2.89. The van der Waals surface area contributed by atoms with Crippen LogP contribution in [0.5, 0.6) is 0 Å². The summed E-state index contributed by atoms with van der Waals surface area (Å²) in [5, 5.41) is 7.04. The number of aromatic nitrogens is 2. The Bertz CT molecular complexity index is 1090. The van der Waals surface area contributed by atoms with Crippen molar-refractivity contribution < 1.29 is 17.7 Å². The van der Waals surface area contributed by atoms with E-state index in [9.17, 15) is 13.2 Å². The molecule has 9 heteroatoms. The molecular formula is C16H14N4O4S. The highest BCUT2D eigenvalue weighted by molar-refractivity contribution is 7.92. The largest absolute Gasteiger partial charge is 0.350 e. The third kappa shape index (κ3) is 2.43. The number of pyridine rings is 1. The van der Waals surface area contributed by atoms with E-state index >= 15 is 0 Å². The fourth-order valence-corrected chi connectivity index (χ4v) is 4.27. The normalized spacial score (nSPS) is 14.9. The summed E-state index contributed by atoms with van der Waals surface area (Å²) in [6.45, 7) is 2.06. The highest BCUT2D eigenvalue weighted by Crippen LogP contribution is 2.29. The number of carbonyl (C=O) groups is 1. The highest BCUT2D eigenvalue weighted by atomic mass is 32.2. The molecule has 0 spiro atoms. The molecule has 0 fully saturated rings. The summed E-state index contributed by atoms with van der Waals surface area (Å²) in [5.41, 5.74) is 1.51. The van der Waals surface area contributed by atoms with Crippen LogP contribution in [0.15, 0.2) is 45.9 Å². The Labute approximate surface area is 143 Å². The number of nitrogens with zero attached hydrogens (tertiary/aromatic N) is 3. The molecule has 3 heterocycles. The molecule has 0 bridgehead atoms. The molecule has 1 aromatic carbocycles. The number of hydrogen-bond acceptors (Lipinski definition) is 6. The zero-order chi connectivity index (χ0) is 17.6. The lowest BCUT2D eigenvalue weighted by atomic mass is 10.2. The van der Waals surface area contributed by atoms with Crippen LogP contribution < -0.4 is 9.62 Å². The number of aryl methyl sites for hydroxylation is 1. The van der Waals surface area contributed by atoms with Gasteiger partial charge in [0.05, 0.1) is 35.1 Å². The molecule has 8 nitrogen and oxygen atoms in total. The zero-order valence-electron chi connectivity index (χ0n) is 13.3. The first-order chi connectivity index (χ1) is 12.0. The van der Waals surface area contributed by atoms with Gasteiger partial charge in [0.15, 0.2) is 0 Å². The summed E-state index contributed by atoms with van der Waals surface area (Å²) in [7, 11) is -3.90. The Hall–Kier alpha value is -2.94. The summed E-state index contributed by atoms with van der Waals surface area (Å²) in [6, 6.07) is 8.11. The molecule has 1 N–H and O–H groups in total. The fraction of sp³-hybridized carbons (Fsp3) is 0.188. The number of hydrogen-bond donors (Lipinski definition) is 1. The van der Waals surface area contributed by atoms with Gasteiger partial charge in [-0.15, -0.1) is 0 Å². The zero-order valence-corrected chi connectivity index (χ0v) is 14.1. The summed E-state index contributed by atoms with van der Waals surface area (Å²) in [4.78, 5) is 16.2. The van der Waals surface area contributed by atoms with Crippen LogP contribution in [-0.4, -0.2) is 37.6 Å². The second-order valence-electron chi connectivity index (χ2n) is 5.64. The van der Waals surface area contributed by atoms with E-state index in [0.717, 1.165) is 0 Å². The van der Waals surface area contributed by atoms with Crippen molar-refractivity contribution in [3.8, 4) is 0 Å². The lowest BCUT2D eigenvalue weighted by Crippen LogP contribution is -2.35. The van der Waals surface area contributed by atoms with E-state index in [1.54, 1.807) is 31.2 Å². The second kappa shape index (κ2) is 5.55. The van der Waals surface area contributed by atoms with E-state index < -0.39 is 10.0 Å². The van der Waals surface area contributed by atoms with Gasteiger partial charge in [-0.1, -0.05) is 17.3 Å². The van der Waals surface area contributed by atoms with Gasteiger partial charge in [0.25, 0.3) is 21.6 Å². The van der Waals surface area contributed by atoms with E-state index in [-0.39, 0.29) is 29.6 Å². The number of anilines is 1. The fourth-order valence-electron chi connectivity index (χ4n) is 2.81. The van der Waals surface area contributed by atoms with Gasteiger partial charge in [-0.05, 0) is 25.1 Å². The number of nitrogens with one attached hydrogen (secondary N) is 1. The maximum absolute atomic E-state index is 13.2. The molecule has 0 unspecified atom stereocenters. The lowest BCUT2D eigenvalue weighted by molar-refractivity contribution is 0.0958. The number of amides is 1. The topological polar surface area (TPSA) is 105 Å². The average molecular weight is 358 g/mol. The number of benzene rings is 1. The van der Waals surface area contributed by atoms with Crippen molar-refractivity contribution in [2.75, 3.05) is 17.4 Å². The molecule has 2 aromatic heterocycles. The number of fused-ring (bicyclic) bond motifs is 2. The van der Waals surface area contributed by atoms with Crippen molar-refractivity contribution >= 4 is 32.7 Å². The van der Waals surface area contributed by atoms with Crippen LogP contribution in [0, 0.1) is 6.92 Å². The van der Waals surface area contributed by atoms with Crippen LogP contribution >= 0.6 is 0 Å². The minimum Gasteiger partial charge on any atom is -0.350 e. The van der Waals surface area contributed by atoms with Gasteiger partial charge >= 0.3 is 0 Å². The van der Waals surface area contributed by atoms with Gasteiger partial charge in [-0.3, -0.25) is 9.10 Å². The van der Waals surface area contributed by atoms with E-state index in [1.807, 2.05) is 0 Å². The molecular weight excluding hydrogens is 344 g/mol. The van der Waals surface area contributed by atoms with Gasteiger partial charge in [-0.2, -0.15) is 0 Å². The van der Waals surface area contributed by atoms with Crippen molar-refractivity contribution in [3.05, 3.63) is 47.8 Å². The van der Waals surface area contributed by atoms with E-state index in [1.165, 1.54) is 16.6 Å². The standard InChI is InChI=1S/C16H14N4O4S/c1-10-13-8-11(9-18-16(13)24-19-10)25(22,23)20-7-6-17-15(21)12-4-2-3-5-14(12)20/h2-5,8-9H,6-7H2,1H3,(H,17,21). The summed E-state index contributed by atoms with van der Waals surface area (Å²) < 4.78 is 32.6. The maximum Gasteiger partial charge on any atom is 0.265 e. The molecule has 3 aromatic rings. The SMILES string of the molecule is Cc1noc2ncc(S(=O)(=O)N3CCNC(=O)c4ccccc43)cc12. The van der Waals surface area contributed by atoms with E-state index in [4.69, 9.17) is 4.52 Å². The van der Waals surface area contributed by atoms with Crippen LogP contribution in [0.25, 0.3) is 11.1 Å². The molecule has 0 radical (unpaired) electrons. The van der Waals surface area contributed by atoms with Gasteiger partial charge in [0.1, 0.15) is 4.90 Å². The van der Waals surface area contributed by atoms with Gasteiger partial charge < -0.3 is 9.84 Å². The van der Waals surface area contributed by atoms with Gasteiger partial charge in [0.2, 0.25) is 0 Å². The Kier molecular flexibility index (Phi) is 3.46. The number of rotatable bonds is 2. The highest BCUT2D eigenvalue weighted by Gasteiger charge is 2.31. The third-order valence-electron chi connectivity index (χ3n) is 4.09. The first-order valence-electron chi connectivity index (χ1n) is 7.60.